The topological polar surface area (TPSA) is 96.0 Å². The molecule has 1 N–H and O–H groups in total. The van der Waals surface area contributed by atoms with Crippen molar-refractivity contribution in [1.82, 2.24) is 10.2 Å². The molecule has 0 spiro atoms. The number of para-hydroxylation sites is 1. The van der Waals surface area contributed by atoms with E-state index < -0.39 is 28.5 Å². The van der Waals surface area contributed by atoms with Crippen LogP contribution in [0.4, 0.5) is 5.69 Å². The Morgan fingerprint density at radius 2 is 1.59 bits per heavy atom. The van der Waals surface area contributed by atoms with Crippen LogP contribution in [0.3, 0.4) is 0 Å². The SMILES string of the molecule is COc1cccc(CN(C(=O)CN(c2ccccc2)S(=O)(=O)c2ccccc2)[C@@H](C)C(=O)NC2CCCC2)c1. The van der Waals surface area contributed by atoms with Crippen LogP contribution >= 0.6 is 0 Å². The molecular formula is C30H35N3O5S. The van der Waals surface area contributed by atoms with Crippen LogP contribution in [0.15, 0.2) is 89.8 Å². The van der Waals surface area contributed by atoms with Gasteiger partial charge in [0, 0.05) is 12.6 Å². The summed E-state index contributed by atoms with van der Waals surface area (Å²) in [4.78, 5) is 28.7. The summed E-state index contributed by atoms with van der Waals surface area (Å²) in [5, 5.41) is 3.07. The van der Waals surface area contributed by atoms with Crippen LogP contribution in [-0.4, -0.2) is 50.9 Å². The van der Waals surface area contributed by atoms with E-state index in [1.807, 2.05) is 12.1 Å². The number of nitrogens with one attached hydrogen (secondary N) is 1. The second-order valence-corrected chi connectivity index (χ2v) is 11.6. The Hall–Kier alpha value is -3.85. The van der Waals surface area contributed by atoms with E-state index in [9.17, 15) is 18.0 Å². The zero-order valence-electron chi connectivity index (χ0n) is 22.3. The van der Waals surface area contributed by atoms with Gasteiger partial charge in [0.25, 0.3) is 10.0 Å². The van der Waals surface area contributed by atoms with Gasteiger partial charge in [0.1, 0.15) is 18.3 Å². The second-order valence-electron chi connectivity index (χ2n) is 9.70. The summed E-state index contributed by atoms with van der Waals surface area (Å²) in [6.07, 6.45) is 3.96. The van der Waals surface area contributed by atoms with Crippen LogP contribution in [-0.2, 0) is 26.2 Å². The second kappa shape index (κ2) is 12.8. The maximum absolute atomic E-state index is 14.0. The molecule has 1 atom stereocenters. The minimum absolute atomic E-state index is 0.0769. The average Bonchev–Trinajstić information content (AvgIpc) is 3.48. The van der Waals surface area contributed by atoms with E-state index in [0.29, 0.717) is 11.4 Å². The number of hydrogen-bond donors (Lipinski definition) is 1. The number of ether oxygens (including phenoxy) is 1. The van der Waals surface area contributed by atoms with Crippen molar-refractivity contribution in [2.75, 3.05) is 18.0 Å². The molecular weight excluding hydrogens is 514 g/mol. The quantitative estimate of drug-likeness (QED) is 0.383. The van der Waals surface area contributed by atoms with E-state index in [4.69, 9.17) is 4.74 Å². The van der Waals surface area contributed by atoms with Gasteiger partial charge in [0.15, 0.2) is 0 Å². The number of nitrogens with zero attached hydrogens (tertiary/aromatic N) is 2. The Morgan fingerprint density at radius 1 is 0.949 bits per heavy atom. The van der Waals surface area contributed by atoms with Crippen molar-refractivity contribution in [3.63, 3.8) is 0 Å². The molecule has 4 rings (SSSR count). The van der Waals surface area contributed by atoms with Gasteiger partial charge < -0.3 is 15.0 Å². The van der Waals surface area contributed by atoms with Crippen LogP contribution in [0.25, 0.3) is 0 Å². The molecule has 0 bridgehead atoms. The van der Waals surface area contributed by atoms with Gasteiger partial charge in [-0.15, -0.1) is 0 Å². The zero-order valence-corrected chi connectivity index (χ0v) is 23.1. The summed E-state index contributed by atoms with van der Waals surface area (Å²) >= 11 is 0. The summed E-state index contributed by atoms with van der Waals surface area (Å²) in [6.45, 7) is 1.33. The lowest BCUT2D eigenvalue weighted by atomic mass is 10.1. The van der Waals surface area contributed by atoms with E-state index in [0.717, 1.165) is 35.6 Å². The minimum atomic E-state index is -4.07. The van der Waals surface area contributed by atoms with Crippen LogP contribution < -0.4 is 14.4 Å². The fourth-order valence-electron chi connectivity index (χ4n) is 4.78. The van der Waals surface area contributed by atoms with Crippen molar-refractivity contribution in [2.45, 2.75) is 56.1 Å². The number of carbonyl (C=O) groups excluding carboxylic acids is 2. The number of benzene rings is 3. The molecule has 9 heteroatoms. The highest BCUT2D eigenvalue weighted by Gasteiger charge is 2.33. The van der Waals surface area contributed by atoms with Crippen molar-refractivity contribution in [3.05, 3.63) is 90.5 Å². The van der Waals surface area contributed by atoms with Gasteiger partial charge in [-0.1, -0.05) is 61.4 Å². The number of methoxy groups -OCH3 is 1. The predicted octanol–water partition coefficient (Wildman–Crippen LogP) is 4.37. The fourth-order valence-corrected chi connectivity index (χ4v) is 6.22. The third kappa shape index (κ3) is 6.97. The lowest BCUT2D eigenvalue weighted by Gasteiger charge is -2.32. The maximum atomic E-state index is 14.0. The fraction of sp³-hybridized carbons (Fsp3) is 0.333. The molecule has 0 unspecified atom stereocenters. The Bertz CT molecular complexity index is 1360. The van der Waals surface area contributed by atoms with Crippen molar-refractivity contribution in [1.29, 1.82) is 0 Å². The molecule has 0 aliphatic heterocycles. The monoisotopic (exact) mass is 549 g/mol. The predicted molar refractivity (Wildman–Crippen MR) is 151 cm³/mol. The number of amides is 2. The number of carbonyl (C=O) groups is 2. The molecule has 206 valence electrons. The van der Waals surface area contributed by atoms with E-state index in [-0.39, 0.29) is 23.4 Å². The van der Waals surface area contributed by atoms with Gasteiger partial charge in [-0.2, -0.15) is 0 Å². The standard InChI is InChI=1S/C30H35N3O5S/c1-23(30(35)31-25-13-9-10-14-25)32(21-24-12-11-17-27(20-24)38-2)29(34)22-33(26-15-5-3-6-16-26)39(36,37)28-18-7-4-8-19-28/h3-8,11-12,15-20,23,25H,9-10,13-14,21-22H2,1-2H3,(H,31,35)/t23-/m0/s1. The summed E-state index contributed by atoms with van der Waals surface area (Å²) in [5.74, 6) is -0.119. The smallest absolute Gasteiger partial charge is 0.264 e. The first-order valence-corrected chi connectivity index (χ1v) is 14.6. The van der Waals surface area contributed by atoms with Gasteiger partial charge in [-0.25, -0.2) is 8.42 Å². The number of anilines is 1. The largest absolute Gasteiger partial charge is 0.497 e. The molecule has 3 aromatic rings. The normalized spacial score (nSPS) is 14.4. The number of rotatable bonds is 11. The first-order valence-electron chi connectivity index (χ1n) is 13.1. The first-order chi connectivity index (χ1) is 18.8. The van der Waals surface area contributed by atoms with Crippen LogP contribution in [0.2, 0.25) is 0 Å². The number of hydrogen-bond acceptors (Lipinski definition) is 5. The van der Waals surface area contributed by atoms with E-state index in [1.54, 1.807) is 74.7 Å². The molecule has 0 radical (unpaired) electrons. The molecule has 0 saturated heterocycles. The van der Waals surface area contributed by atoms with E-state index >= 15 is 0 Å². The molecule has 1 aliphatic carbocycles. The summed E-state index contributed by atoms with van der Waals surface area (Å²) < 4.78 is 33.9. The van der Waals surface area contributed by atoms with E-state index in [1.165, 1.54) is 17.0 Å². The van der Waals surface area contributed by atoms with Crippen molar-refractivity contribution >= 4 is 27.5 Å². The Morgan fingerprint density at radius 3 is 2.23 bits per heavy atom. The lowest BCUT2D eigenvalue weighted by molar-refractivity contribution is -0.139. The molecule has 1 aliphatic rings. The minimum Gasteiger partial charge on any atom is -0.497 e. The molecule has 39 heavy (non-hydrogen) atoms. The third-order valence-corrected chi connectivity index (χ3v) is 8.80. The average molecular weight is 550 g/mol. The molecule has 3 aromatic carbocycles. The maximum Gasteiger partial charge on any atom is 0.264 e. The van der Waals surface area contributed by atoms with Gasteiger partial charge in [0.2, 0.25) is 11.8 Å². The zero-order chi connectivity index (χ0) is 27.8. The Labute approximate surface area is 230 Å². The number of sulfonamides is 1. The first kappa shape index (κ1) is 28.2. The van der Waals surface area contributed by atoms with Crippen LogP contribution in [0.1, 0.15) is 38.2 Å². The molecule has 8 nitrogen and oxygen atoms in total. The highest BCUT2D eigenvalue weighted by molar-refractivity contribution is 7.92. The van der Waals surface area contributed by atoms with Gasteiger partial charge >= 0.3 is 0 Å². The molecule has 2 amide bonds. The molecule has 0 aromatic heterocycles. The molecule has 0 heterocycles. The van der Waals surface area contributed by atoms with Gasteiger partial charge in [-0.05, 0) is 61.7 Å². The Kier molecular flexibility index (Phi) is 9.24. The van der Waals surface area contributed by atoms with Crippen molar-refractivity contribution in [3.8, 4) is 5.75 Å². The summed E-state index contributed by atoms with van der Waals surface area (Å²) in [5.41, 5.74) is 1.12. The van der Waals surface area contributed by atoms with Gasteiger partial charge in [0.05, 0.1) is 17.7 Å². The van der Waals surface area contributed by atoms with Crippen LogP contribution in [0.5, 0.6) is 5.75 Å². The molecule has 1 fully saturated rings. The van der Waals surface area contributed by atoms with Gasteiger partial charge in [-0.3, -0.25) is 13.9 Å². The van der Waals surface area contributed by atoms with Crippen molar-refractivity contribution in [2.24, 2.45) is 0 Å². The van der Waals surface area contributed by atoms with Crippen molar-refractivity contribution < 1.29 is 22.7 Å². The highest BCUT2D eigenvalue weighted by Crippen LogP contribution is 2.25. The van der Waals surface area contributed by atoms with E-state index in [2.05, 4.69) is 5.32 Å². The lowest BCUT2D eigenvalue weighted by Crippen LogP contribution is -2.52. The third-order valence-electron chi connectivity index (χ3n) is 7.01. The Balaban J connectivity index is 1.66. The summed E-state index contributed by atoms with van der Waals surface area (Å²) in [7, 11) is -2.50. The van der Waals surface area contributed by atoms with Crippen LogP contribution in [0, 0.1) is 0 Å². The summed E-state index contributed by atoms with van der Waals surface area (Å²) in [6, 6.07) is 23.1. The molecule has 1 saturated carbocycles. The highest BCUT2D eigenvalue weighted by atomic mass is 32.2.